The number of rotatable bonds is 11. The lowest BCUT2D eigenvalue weighted by atomic mass is 10.1. The highest BCUT2D eigenvalue weighted by Gasteiger charge is 2.02. The Morgan fingerprint density at radius 3 is 2.29 bits per heavy atom. The van der Waals surface area contributed by atoms with E-state index in [4.69, 9.17) is 11.6 Å². The lowest BCUT2D eigenvalue weighted by Crippen LogP contribution is -2.29. The van der Waals surface area contributed by atoms with Crippen LogP contribution in [0.1, 0.15) is 50.2 Å². The van der Waals surface area contributed by atoms with Gasteiger partial charge in [-0.15, -0.1) is 0 Å². The Bertz CT molecular complexity index is 1110. The number of unbranched alkanes of at least 4 members (excludes halogenated alkanes) is 4. The Balaban J connectivity index is 0.000000310. The Kier molecular flexibility index (Phi) is 12.1. The number of aromatic nitrogens is 2. The van der Waals surface area contributed by atoms with Gasteiger partial charge in [0.25, 0.3) is 0 Å². The maximum absolute atomic E-state index is 10.4. The molecule has 5 nitrogen and oxygen atoms in total. The predicted molar refractivity (Wildman–Crippen MR) is 137 cm³/mol. The van der Waals surface area contributed by atoms with Gasteiger partial charge in [-0.25, -0.2) is 17.6 Å². The van der Waals surface area contributed by atoms with Gasteiger partial charge in [-0.1, -0.05) is 73.7 Å². The van der Waals surface area contributed by atoms with Gasteiger partial charge in [0.2, 0.25) is 6.33 Å². The molecule has 3 rings (SSSR count). The summed E-state index contributed by atoms with van der Waals surface area (Å²) in [5.74, 6) is 0. The van der Waals surface area contributed by atoms with E-state index in [1.165, 1.54) is 49.8 Å². The van der Waals surface area contributed by atoms with E-state index in [1.54, 1.807) is 12.1 Å². The van der Waals surface area contributed by atoms with Gasteiger partial charge >= 0.3 is 0 Å². The van der Waals surface area contributed by atoms with Crippen LogP contribution in [-0.4, -0.2) is 17.5 Å². The molecule has 0 bridgehead atoms. The van der Waals surface area contributed by atoms with E-state index in [1.807, 2.05) is 19.1 Å². The van der Waals surface area contributed by atoms with Gasteiger partial charge in [0, 0.05) is 5.02 Å². The summed E-state index contributed by atoms with van der Waals surface area (Å²) in [6, 6.07) is 13.8. The van der Waals surface area contributed by atoms with Crippen LogP contribution in [0.15, 0.2) is 84.3 Å². The van der Waals surface area contributed by atoms with Crippen molar-refractivity contribution in [2.45, 2.75) is 70.4 Å². The number of aryl methyl sites for hydroxylation is 2. The minimum absolute atomic E-state index is 0.178. The van der Waals surface area contributed by atoms with Crippen LogP contribution in [-0.2, 0) is 29.6 Å². The fourth-order valence-electron chi connectivity index (χ4n) is 3.32. The van der Waals surface area contributed by atoms with Crippen LogP contribution < -0.4 is 4.57 Å². The van der Waals surface area contributed by atoms with E-state index < -0.39 is 10.1 Å². The number of hydrogen-bond acceptors (Lipinski definition) is 3. The van der Waals surface area contributed by atoms with Crippen molar-refractivity contribution in [3.63, 3.8) is 0 Å². The van der Waals surface area contributed by atoms with Crippen LogP contribution in [0, 0.1) is 6.92 Å². The molecule has 2 aromatic carbocycles. The van der Waals surface area contributed by atoms with E-state index in [9.17, 15) is 13.0 Å². The summed E-state index contributed by atoms with van der Waals surface area (Å²) in [5, 5.41) is 0.796. The molecule has 0 aliphatic heterocycles. The first-order valence-corrected chi connectivity index (χ1v) is 13.5. The van der Waals surface area contributed by atoms with Crippen molar-refractivity contribution in [3.05, 3.63) is 95.6 Å². The van der Waals surface area contributed by atoms with Gasteiger partial charge < -0.3 is 4.55 Å². The molecule has 0 unspecified atom stereocenters. The Morgan fingerprint density at radius 1 is 0.971 bits per heavy atom. The number of halogens is 1. The SMILES string of the molecule is CCCCCCCn1cc[n+](C/C=C\Cc2ccc(Cl)cc2)c1.Cc1ccc(S(=O)(=O)[O-])cc1. The molecule has 0 radical (unpaired) electrons. The standard InChI is InChI=1S/C20H28ClN2.C7H8O3S/c1-2-3-4-5-7-14-22-16-17-23(18-22)15-8-6-9-19-10-12-20(21)13-11-19;1-6-2-4-7(5-3-6)11(8,9)10/h6,8,10-13,16-18H,2-5,7,9,14-15H2,1H3;2-5H,1H3,(H,8,9,10)/q+1;/p-1/b8-6-;. The number of benzene rings is 2. The first-order chi connectivity index (χ1) is 16.3. The van der Waals surface area contributed by atoms with E-state index in [0.717, 1.165) is 30.1 Å². The lowest BCUT2D eigenvalue weighted by Gasteiger charge is -2.05. The molecular formula is C27H35ClN2O3S. The first kappa shape index (κ1) is 27.8. The Morgan fingerprint density at radius 2 is 1.65 bits per heavy atom. The molecule has 0 saturated heterocycles. The molecule has 7 heteroatoms. The average molecular weight is 503 g/mol. The molecule has 0 saturated carbocycles. The molecule has 0 aliphatic carbocycles. The van der Waals surface area contributed by atoms with E-state index in [2.05, 4.69) is 59.1 Å². The summed E-state index contributed by atoms with van der Waals surface area (Å²) >= 11 is 5.89. The fourth-order valence-corrected chi connectivity index (χ4v) is 3.91. The van der Waals surface area contributed by atoms with E-state index >= 15 is 0 Å². The van der Waals surface area contributed by atoms with Gasteiger partial charge in [-0.3, -0.25) is 0 Å². The summed E-state index contributed by atoms with van der Waals surface area (Å²) in [6.07, 6.45) is 18.6. The zero-order valence-electron chi connectivity index (χ0n) is 20.1. The van der Waals surface area contributed by atoms with Crippen LogP contribution >= 0.6 is 11.6 Å². The fraction of sp³-hybridized carbons (Fsp3) is 0.370. The zero-order chi connectivity index (χ0) is 24.8. The third-order valence-corrected chi connectivity index (χ3v) is 6.43. The second-order valence-corrected chi connectivity index (χ2v) is 10.1. The maximum atomic E-state index is 10.4. The first-order valence-electron chi connectivity index (χ1n) is 11.7. The molecule has 0 N–H and O–H groups in total. The topological polar surface area (TPSA) is 66.0 Å². The van der Waals surface area contributed by atoms with Gasteiger partial charge in [0.05, 0.1) is 11.4 Å². The summed E-state index contributed by atoms with van der Waals surface area (Å²) in [5.41, 5.74) is 2.22. The summed E-state index contributed by atoms with van der Waals surface area (Å²) < 4.78 is 35.7. The number of hydrogen-bond donors (Lipinski definition) is 0. The van der Waals surface area contributed by atoms with Crippen molar-refractivity contribution in [1.29, 1.82) is 0 Å². The molecule has 0 atom stereocenters. The average Bonchev–Trinajstić information content (AvgIpc) is 3.25. The Hall–Kier alpha value is -2.41. The van der Waals surface area contributed by atoms with Crippen molar-refractivity contribution in [3.8, 4) is 0 Å². The van der Waals surface area contributed by atoms with Crippen molar-refractivity contribution in [2.75, 3.05) is 0 Å². The minimum atomic E-state index is -4.27. The van der Waals surface area contributed by atoms with Crippen molar-refractivity contribution in [1.82, 2.24) is 4.57 Å². The quantitative estimate of drug-likeness (QED) is 0.138. The summed E-state index contributed by atoms with van der Waals surface area (Å²) in [6.45, 7) is 6.14. The molecule has 3 aromatic rings. The van der Waals surface area contributed by atoms with E-state index in [0.29, 0.717) is 0 Å². The highest BCUT2D eigenvalue weighted by Crippen LogP contribution is 2.10. The largest absolute Gasteiger partial charge is 0.744 e. The van der Waals surface area contributed by atoms with Crippen molar-refractivity contribution in [2.24, 2.45) is 0 Å². The second-order valence-electron chi connectivity index (χ2n) is 8.33. The molecule has 1 aromatic heterocycles. The lowest BCUT2D eigenvalue weighted by molar-refractivity contribution is -0.686. The monoisotopic (exact) mass is 502 g/mol. The van der Waals surface area contributed by atoms with Gasteiger partial charge in [0.15, 0.2) is 0 Å². The third kappa shape index (κ3) is 11.1. The maximum Gasteiger partial charge on any atom is 0.244 e. The van der Waals surface area contributed by atoms with Crippen molar-refractivity contribution < 1.29 is 17.5 Å². The van der Waals surface area contributed by atoms with Crippen LogP contribution in [0.4, 0.5) is 0 Å². The van der Waals surface area contributed by atoms with Crippen LogP contribution in [0.25, 0.3) is 0 Å². The van der Waals surface area contributed by atoms with Crippen LogP contribution in [0.2, 0.25) is 5.02 Å². The number of imidazole rings is 1. The van der Waals surface area contributed by atoms with E-state index in [-0.39, 0.29) is 4.90 Å². The highest BCUT2D eigenvalue weighted by atomic mass is 35.5. The molecule has 0 fully saturated rings. The smallest absolute Gasteiger partial charge is 0.244 e. The normalized spacial score (nSPS) is 11.4. The minimum Gasteiger partial charge on any atom is -0.744 e. The molecule has 34 heavy (non-hydrogen) atoms. The molecule has 0 spiro atoms. The zero-order valence-corrected chi connectivity index (χ0v) is 21.6. The molecule has 0 aliphatic rings. The molecular weight excluding hydrogens is 468 g/mol. The molecule has 1 heterocycles. The third-order valence-electron chi connectivity index (χ3n) is 5.33. The van der Waals surface area contributed by atoms with Gasteiger partial charge in [0.1, 0.15) is 29.1 Å². The second kappa shape index (κ2) is 14.8. The molecule has 0 amide bonds. The Labute approximate surface area is 209 Å². The number of nitrogens with zero attached hydrogens (tertiary/aromatic N) is 2. The highest BCUT2D eigenvalue weighted by molar-refractivity contribution is 7.85. The molecule has 184 valence electrons. The number of allylic oxidation sites excluding steroid dienone is 2. The summed E-state index contributed by atoms with van der Waals surface area (Å²) in [4.78, 5) is -0.178. The summed E-state index contributed by atoms with van der Waals surface area (Å²) in [7, 11) is -4.27. The van der Waals surface area contributed by atoms with Gasteiger partial charge in [-0.2, -0.15) is 0 Å². The predicted octanol–water partition coefficient (Wildman–Crippen LogP) is 6.10. The van der Waals surface area contributed by atoms with Crippen LogP contribution in [0.5, 0.6) is 0 Å². The van der Waals surface area contributed by atoms with Crippen molar-refractivity contribution >= 4 is 21.7 Å². The van der Waals surface area contributed by atoms with Gasteiger partial charge in [-0.05, 0) is 62.1 Å². The van der Waals surface area contributed by atoms with Crippen LogP contribution in [0.3, 0.4) is 0 Å².